The van der Waals surface area contributed by atoms with Crippen molar-refractivity contribution in [2.75, 3.05) is 27.4 Å². The molecule has 110 valence electrons. The maximum absolute atomic E-state index is 12.0. The number of methoxy groups -OCH3 is 2. The molecule has 4 nitrogen and oxygen atoms in total. The smallest absolute Gasteiger partial charge is 0.246 e. The van der Waals surface area contributed by atoms with Crippen LogP contribution < -0.4 is 0 Å². The fourth-order valence-electron chi connectivity index (χ4n) is 1.84. The normalized spacial score (nSPS) is 11.9. The predicted molar refractivity (Wildman–Crippen MR) is 82.4 cm³/mol. The second-order valence-electron chi connectivity index (χ2n) is 4.37. The van der Waals surface area contributed by atoms with E-state index in [9.17, 15) is 4.79 Å². The predicted octanol–water partition coefficient (Wildman–Crippen LogP) is 2.63. The van der Waals surface area contributed by atoms with Crippen molar-refractivity contribution in [3.05, 3.63) is 47.0 Å². The molecule has 1 unspecified atom stereocenters. The lowest BCUT2D eigenvalue weighted by Crippen LogP contribution is -2.38. The Balaban J connectivity index is 2.78. The van der Waals surface area contributed by atoms with Crippen LogP contribution >= 0.6 is 15.9 Å². The Morgan fingerprint density at radius 1 is 1.50 bits per heavy atom. The average molecular weight is 342 g/mol. The number of amides is 1. The van der Waals surface area contributed by atoms with Crippen LogP contribution in [0.5, 0.6) is 0 Å². The number of carbonyl (C=O) groups is 1. The molecule has 0 radical (unpaired) electrons. The molecule has 1 aromatic carbocycles. The van der Waals surface area contributed by atoms with Gasteiger partial charge in [-0.1, -0.05) is 34.6 Å². The van der Waals surface area contributed by atoms with Gasteiger partial charge in [0.05, 0.1) is 12.7 Å². The van der Waals surface area contributed by atoms with Crippen molar-refractivity contribution < 1.29 is 14.3 Å². The number of carbonyl (C=O) groups excluding carboxylic acids is 1. The molecule has 1 rings (SSSR count). The molecule has 1 amide bonds. The molecule has 0 N–H and O–H groups in total. The molecule has 1 aromatic rings. The van der Waals surface area contributed by atoms with Crippen molar-refractivity contribution in [2.24, 2.45) is 0 Å². The van der Waals surface area contributed by atoms with Gasteiger partial charge in [-0.3, -0.25) is 4.79 Å². The first-order chi connectivity index (χ1) is 9.60. The minimum atomic E-state index is -0.156. The molecular formula is C15H20BrNO3. The fourth-order valence-corrected chi connectivity index (χ4v) is 2.29. The van der Waals surface area contributed by atoms with E-state index < -0.39 is 0 Å². The van der Waals surface area contributed by atoms with Crippen LogP contribution in [0, 0.1) is 0 Å². The maximum atomic E-state index is 12.0. The average Bonchev–Trinajstić information content (AvgIpc) is 2.45. The Morgan fingerprint density at radius 3 is 2.80 bits per heavy atom. The summed E-state index contributed by atoms with van der Waals surface area (Å²) in [6.07, 6.45) is 1.16. The van der Waals surface area contributed by atoms with E-state index in [1.807, 2.05) is 24.3 Å². The van der Waals surface area contributed by atoms with Crippen LogP contribution in [0.1, 0.15) is 5.56 Å². The zero-order valence-electron chi connectivity index (χ0n) is 11.8. The Kier molecular flexibility index (Phi) is 7.51. The molecular weight excluding hydrogens is 322 g/mol. The van der Waals surface area contributed by atoms with Gasteiger partial charge >= 0.3 is 0 Å². The van der Waals surface area contributed by atoms with Crippen LogP contribution in [0.2, 0.25) is 0 Å². The zero-order chi connectivity index (χ0) is 15.0. The first-order valence-electron chi connectivity index (χ1n) is 6.28. The molecule has 0 aliphatic carbocycles. The van der Waals surface area contributed by atoms with Crippen molar-refractivity contribution in [1.82, 2.24) is 4.90 Å². The summed E-state index contributed by atoms with van der Waals surface area (Å²) in [5, 5.41) is 0. The monoisotopic (exact) mass is 341 g/mol. The van der Waals surface area contributed by atoms with Gasteiger partial charge in [-0.2, -0.15) is 0 Å². The summed E-state index contributed by atoms with van der Waals surface area (Å²) in [4.78, 5) is 13.7. The van der Waals surface area contributed by atoms with E-state index in [-0.39, 0.29) is 12.0 Å². The number of hydrogen-bond donors (Lipinski definition) is 0. The summed E-state index contributed by atoms with van der Waals surface area (Å²) in [5.74, 6) is -0.122. The van der Waals surface area contributed by atoms with Gasteiger partial charge in [0.25, 0.3) is 0 Å². The summed E-state index contributed by atoms with van der Waals surface area (Å²) in [6, 6.07) is 7.86. The van der Waals surface area contributed by atoms with E-state index >= 15 is 0 Å². The molecule has 0 aliphatic rings. The van der Waals surface area contributed by atoms with Crippen LogP contribution in [-0.4, -0.2) is 44.3 Å². The molecule has 0 bridgehead atoms. The topological polar surface area (TPSA) is 38.8 Å². The molecule has 0 saturated carbocycles. The SMILES string of the molecule is C=CC(=O)N(Cc1cccc(Br)c1)CC(COC)OC. The Bertz CT molecular complexity index is 450. The first kappa shape index (κ1) is 16.9. The van der Waals surface area contributed by atoms with Gasteiger partial charge in [-0.05, 0) is 23.8 Å². The van der Waals surface area contributed by atoms with Crippen molar-refractivity contribution in [2.45, 2.75) is 12.6 Å². The van der Waals surface area contributed by atoms with E-state index in [4.69, 9.17) is 9.47 Å². The molecule has 0 heterocycles. The molecule has 0 spiro atoms. The van der Waals surface area contributed by atoms with Crippen LogP contribution in [0.4, 0.5) is 0 Å². The van der Waals surface area contributed by atoms with Gasteiger partial charge in [0.2, 0.25) is 5.91 Å². The van der Waals surface area contributed by atoms with E-state index in [2.05, 4.69) is 22.5 Å². The number of nitrogens with zero attached hydrogens (tertiary/aromatic N) is 1. The maximum Gasteiger partial charge on any atom is 0.246 e. The summed E-state index contributed by atoms with van der Waals surface area (Å²) in [6.45, 7) is 4.96. The third-order valence-electron chi connectivity index (χ3n) is 2.86. The van der Waals surface area contributed by atoms with E-state index in [1.165, 1.54) is 6.08 Å². The van der Waals surface area contributed by atoms with Crippen molar-refractivity contribution in [3.8, 4) is 0 Å². The van der Waals surface area contributed by atoms with Gasteiger partial charge in [0.15, 0.2) is 0 Å². The third-order valence-corrected chi connectivity index (χ3v) is 3.35. The lowest BCUT2D eigenvalue weighted by molar-refractivity contribution is -0.129. The van der Waals surface area contributed by atoms with E-state index in [0.717, 1.165) is 10.0 Å². The second-order valence-corrected chi connectivity index (χ2v) is 5.28. The zero-order valence-corrected chi connectivity index (χ0v) is 13.4. The van der Waals surface area contributed by atoms with Crippen LogP contribution in [-0.2, 0) is 20.8 Å². The van der Waals surface area contributed by atoms with Crippen LogP contribution in [0.3, 0.4) is 0 Å². The van der Waals surface area contributed by atoms with Crippen molar-refractivity contribution in [3.63, 3.8) is 0 Å². The third kappa shape index (κ3) is 5.45. The molecule has 5 heteroatoms. The number of rotatable bonds is 8. The van der Waals surface area contributed by atoms with Crippen LogP contribution in [0.15, 0.2) is 41.4 Å². The summed E-state index contributed by atoms with van der Waals surface area (Å²) < 4.78 is 11.4. The second kappa shape index (κ2) is 8.89. The number of benzene rings is 1. The standard InChI is InChI=1S/C15H20BrNO3/c1-4-15(18)17(10-14(20-3)11-19-2)9-12-6-5-7-13(16)8-12/h4-8,14H,1,9-11H2,2-3H3. The Labute approximate surface area is 128 Å². The molecule has 0 aromatic heterocycles. The van der Waals surface area contributed by atoms with Crippen LogP contribution in [0.25, 0.3) is 0 Å². The van der Waals surface area contributed by atoms with Gasteiger partial charge in [0.1, 0.15) is 0 Å². The lowest BCUT2D eigenvalue weighted by atomic mass is 10.2. The summed E-state index contributed by atoms with van der Waals surface area (Å²) in [7, 11) is 3.22. The molecule has 0 fully saturated rings. The highest BCUT2D eigenvalue weighted by Gasteiger charge is 2.17. The number of halogens is 1. The fraction of sp³-hybridized carbons (Fsp3) is 0.400. The first-order valence-corrected chi connectivity index (χ1v) is 7.07. The molecule has 1 atom stereocenters. The quantitative estimate of drug-likeness (QED) is 0.682. The highest BCUT2D eigenvalue weighted by molar-refractivity contribution is 9.10. The van der Waals surface area contributed by atoms with Crippen molar-refractivity contribution >= 4 is 21.8 Å². The van der Waals surface area contributed by atoms with Gasteiger partial charge in [-0.25, -0.2) is 0 Å². The summed E-state index contributed by atoms with van der Waals surface area (Å²) >= 11 is 3.43. The molecule has 0 aliphatic heterocycles. The molecule has 0 saturated heterocycles. The largest absolute Gasteiger partial charge is 0.382 e. The number of hydrogen-bond acceptors (Lipinski definition) is 3. The highest BCUT2D eigenvalue weighted by atomic mass is 79.9. The Morgan fingerprint density at radius 2 is 2.25 bits per heavy atom. The molecule has 20 heavy (non-hydrogen) atoms. The minimum absolute atomic E-state index is 0.122. The van der Waals surface area contributed by atoms with Gasteiger partial charge in [-0.15, -0.1) is 0 Å². The lowest BCUT2D eigenvalue weighted by Gasteiger charge is -2.26. The van der Waals surface area contributed by atoms with E-state index in [1.54, 1.807) is 19.1 Å². The number of ether oxygens (including phenoxy) is 2. The van der Waals surface area contributed by atoms with Crippen molar-refractivity contribution in [1.29, 1.82) is 0 Å². The summed E-state index contributed by atoms with van der Waals surface area (Å²) in [5.41, 5.74) is 1.04. The Hall–Kier alpha value is -1.17. The minimum Gasteiger partial charge on any atom is -0.382 e. The highest BCUT2D eigenvalue weighted by Crippen LogP contribution is 2.14. The van der Waals surface area contributed by atoms with Gasteiger partial charge < -0.3 is 14.4 Å². The van der Waals surface area contributed by atoms with E-state index in [0.29, 0.717) is 19.7 Å². The van der Waals surface area contributed by atoms with Gasteiger partial charge in [0, 0.05) is 31.8 Å².